The number of nitrogens with one attached hydrogen (secondary N) is 1. The molecule has 0 saturated carbocycles. The summed E-state index contributed by atoms with van der Waals surface area (Å²) in [5.41, 5.74) is 0.700. The second-order valence-corrected chi connectivity index (χ2v) is 13.0. The molecule has 8 heteroatoms. The first kappa shape index (κ1) is 28.7. The molecule has 1 aromatic heterocycles. The summed E-state index contributed by atoms with van der Waals surface area (Å²) in [6.45, 7) is 11.3. The molecule has 0 fully saturated rings. The molecule has 0 atom stereocenters. The van der Waals surface area contributed by atoms with Gasteiger partial charge in [0, 0.05) is 19.5 Å². The Labute approximate surface area is 210 Å². The maximum absolute atomic E-state index is 13.3. The van der Waals surface area contributed by atoms with E-state index >= 15 is 0 Å². The van der Waals surface area contributed by atoms with Crippen molar-refractivity contribution < 1.29 is 13.2 Å². The number of unbranched alkanes of at least 4 members (excludes halogenated alkanes) is 7. The third kappa shape index (κ3) is 9.27. The van der Waals surface area contributed by atoms with Gasteiger partial charge in [-0.05, 0) is 36.5 Å². The maximum atomic E-state index is 13.3. The van der Waals surface area contributed by atoms with Crippen molar-refractivity contribution in [3.63, 3.8) is 0 Å². The largest absolute Gasteiger partial charge is 0.302 e. The Morgan fingerprint density at radius 3 is 2.15 bits per heavy atom. The molecule has 1 amide bonds. The van der Waals surface area contributed by atoms with Crippen LogP contribution in [-0.4, -0.2) is 36.7 Å². The molecule has 1 heterocycles. The number of amides is 1. The van der Waals surface area contributed by atoms with E-state index in [4.69, 9.17) is 0 Å². The lowest BCUT2D eigenvalue weighted by atomic mass is 10.1. The number of rotatable bonds is 16. The predicted molar refractivity (Wildman–Crippen MR) is 144 cm³/mol. The van der Waals surface area contributed by atoms with Gasteiger partial charge in [0.2, 0.25) is 15.9 Å². The van der Waals surface area contributed by atoms with E-state index in [1.54, 1.807) is 22.5 Å². The molecule has 0 aliphatic carbocycles. The van der Waals surface area contributed by atoms with Gasteiger partial charge in [0.25, 0.3) is 0 Å². The molecule has 0 aliphatic heterocycles. The molecule has 0 bridgehead atoms. The molecular formula is C26H43N3O3S2. The lowest BCUT2D eigenvalue weighted by molar-refractivity contribution is -0.116. The first-order valence-corrected chi connectivity index (χ1v) is 15.1. The van der Waals surface area contributed by atoms with Crippen LogP contribution in [0.25, 0.3) is 10.2 Å². The van der Waals surface area contributed by atoms with E-state index in [1.165, 1.54) is 49.9 Å². The molecule has 2 aromatic rings. The van der Waals surface area contributed by atoms with Gasteiger partial charge in [-0.25, -0.2) is 13.4 Å². The SMILES string of the molecule is CCCCCCCCCCC(=O)Nc1nc2ccc(S(=O)(=O)N(CC(C)C)CC(C)C)cc2s1. The van der Waals surface area contributed by atoms with Crippen molar-refractivity contribution in [1.29, 1.82) is 0 Å². The highest BCUT2D eigenvalue weighted by atomic mass is 32.2. The zero-order valence-corrected chi connectivity index (χ0v) is 23.2. The number of thiazole rings is 1. The molecule has 34 heavy (non-hydrogen) atoms. The number of carbonyl (C=O) groups excluding carboxylic acids is 1. The second-order valence-electron chi connectivity index (χ2n) is 10.0. The Balaban J connectivity index is 1.97. The van der Waals surface area contributed by atoms with Crippen molar-refractivity contribution in [3.8, 4) is 0 Å². The molecule has 1 N–H and O–H groups in total. The standard InChI is InChI=1S/C26H43N3O3S2/c1-6-7-8-9-10-11-12-13-14-25(30)28-26-27-23-16-15-22(17-24(23)33-26)34(31,32)29(18-20(2)3)19-21(4)5/h15-17,20-21H,6-14,18-19H2,1-5H3,(H,27,28,30). The number of hydrogen-bond donors (Lipinski definition) is 1. The summed E-state index contributed by atoms with van der Waals surface area (Å²) in [6.07, 6.45) is 10.0. The minimum absolute atomic E-state index is 0.0297. The van der Waals surface area contributed by atoms with Gasteiger partial charge in [0.15, 0.2) is 5.13 Å². The van der Waals surface area contributed by atoms with Crippen LogP contribution in [0, 0.1) is 11.8 Å². The van der Waals surface area contributed by atoms with Crippen LogP contribution < -0.4 is 5.32 Å². The number of anilines is 1. The quantitative estimate of drug-likeness (QED) is 0.245. The zero-order valence-electron chi connectivity index (χ0n) is 21.6. The average Bonchev–Trinajstić information content (AvgIpc) is 3.15. The van der Waals surface area contributed by atoms with Crippen molar-refractivity contribution in [2.75, 3.05) is 18.4 Å². The van der Waals surface area contributed by atoms with Gasteiger partial charge in [-0.1, -0.05) is 90.9 Å². The zero-order chi connectivity index (χ0) is 25.1. The van der Waals surface area contributed by atoms with Gasteiger partial charge in [-0.2, -0.15) is 4.31 Å². The number of aromatic nitrogens is 1. The number of nitrogens with zero attached hydrogens (tertiary/aromatic N) is 2. The summed E-state index contributed by atoms with van der Waals surface area (Å²) >= 11 is 1.32. The third-order valence-corrected chi connectivity index (χ3v) is 8.40. The number of fused-ring (bicyclic) bond motifs is 1. The van der Waals surface area contributed by atoms with E-state index in [1.807, 2.05) is 27.7 Å². The lowest BCUT2D eigenvalue weighted by Gasteiger charge is -2.25. The van der Waals surface area contributed by atoms with Gasteiger partial charge in [-0.15, -0.1) is 0 Å². The summed E-state index contributed by atoms with van der Waals surface area (Å²) in [6, 6.07) is 5.04. The molecule has 6 nitrogen and oxygen atoms in total. The van der Waals surface area contributed by atoms with Crippen LogP contribution in [0.15, 0.2) is 23.1 Å². The smallest absolute Gasteiger partial charge is 0.243 e. The van der Waals surface area contributed by atoms with Gasteiger partial charge in [0.05, 0.1) is 15.1 Å². The molecule has 192 valence electrons. The van der Waals surface area contributed by atoms with Crippen molar-refractivity contribution >= 4 is 42.6 Å². The fourth-order valence-electron chi connectivity index (χ4n) is 3.95. The van der Waals surface area contributed by atoms with Crippen molar-refractivity contribution in [2.45, 2.75) is 97.3 Å². The Bertz CT molecular complexity index is 990. The van der Waals surface area contributed by atoms with E-state index in [9.17, 15) is 13.2 Å². The third-order valence-electron chi connectivity index (χ3n) is 5.64. The molecule has 0 radical (unpaired) electrons. The normalized spacial score (nSPS) is 12.4. The second kappa shape index (κ2) is 14.1. The van der Waals surface area contributed by atoms with Crippen LogP contribution in [0.1, 0.15) is 92.4 Å². The van der Waals surface area contributed by atoms with Crippen LogP contribution in [0.3, 0.4) is 0 Å². The first-order chi connectivity index (χ1) is 16.1. The van der Waals surface area contributed by atoms with E-state index in [0.717, 1.165) is 17.5 Å². The Morgan fingerprint density at radius 2 is 1.56 bits per heavy atom. The molecular weight excluding hydrogens is 466 g/mol. The minimum Gasteiger partial charge on any atom is -0.302 e. The predicted octanol–water partition coefficient (Wildman–Crippen LogP) is 7.07. The van der Waals surface area contributed by atoms with Gasteiger partial charge in [0.1, 0.15) is 0 Å². The van der Waals surface area contributed by atoms with Crippen LogP contribution in [0.4, 0.5) is 5.13 Å². The molecule has 0 spiro atoms. The van der Waals surface area contributed by atoms with Crippen LogP contribution in [0.2, 0.25) is 0 Å². The molecule has 0 unspecified atom stereocenters. The van der Waals surface area contributed by atoms with Crippen LogP contribution in [-0.2, 0) is 14.8 Å². The summed E-state index contributed by atoms with van der Waals surface area (Å²) in [4.78, 5) is 17.1. The van der Waals surface area contributed by atoms with Gasteiger partial charge in [-0.3, -0.25) is 4.79 Å². The number of sulfonamides is 1. The summed E-state index contributed by atoms with van der Waals surface area (Å²) in [7, 11) is -3.60. The minimum atomic E-state index is -3.60. The van der Waals surface area contributed by atoms with Crippen LogP contribution >= 0.6 is 11.3 Å². The maximum Gasteiger partial charge on any atom is 0.243 e. The van der Waals surface area contributed by atoms with Crippen LogP contribution in [0.5, 0.6) is 0 Å². The fourth-order valence-corrected chi connectivity index (χ4v) is 6.74. The number of carbonyl (C=O) groups is 1. The average molecular weight is 510 g/mol. The molecule has 0 aliphatic rings. The van der Waals surface area contributed by atoms with E-state index in [0.29, 0.717) is 30.2 Å². The van der Waals surface area contributed by atoms with E-state index < -0.39 is 10.0 Å². The van der Waals surface area contributed by atoms with Crippen molar-refractivity contribution in [1.82, 2.24) is 9.29 Å². The highest BCUT2D eigenvalue weighted by molar-refractivity contribution is 7.89. The Morgan fingerprint density at radius 1 is 0.971 bits per heavy atom. The summed E-state index contributed by atoms with van der Waals surface area (Å²) in [5, 5.41) is 3.42. The summed E-state index contributed by atoms with van der Waals surface area (Å²) in [5.74, 6) is 0.449. The molecule has 0 saturated heterocycles. The van der Waals surface area contributed by atoms with E-state index in [2.05, 4.69) is 17.2 Å². The van der Waals surface area contributed by atoms with Gasteiger partial charge < -0.3 is 5.32 Å². The lowest BCUT2D eigenvalue weighted by Crippen LogP contribution is -2.37. The Hall–Kier alpha value is -1.51. The van der Waals surface area contributed by atoms with Crippen molar-refractivity contribution in [3.05, 3.63) is 18.2 Å². The fraction of sp³-hybridized carbons (Fsp3) is 0.692. The summed E-state index contributed by atoms with van der Waals surface area (Å²) < 4.78 is 29.0. The number of benzene rings is 1. The number of hydrogen-bond acceptors (Lipinski definition) is 5. The molecule has 2 rings (SSSR count). The van der Waals surface area contributed by atoms with Crippen molar-refractivity contribution in [2.24, 2.45) is 11.8 Å². The topological polar surface area (TPSA) is 79.4 Å². The highest BCUT2D eigenvalue weighted by Crippen LogP contribution is 2.30. The monoisotopic (exact) mass is 509 g/mol. The molecule has 1 aromatic carbocycles. The first-order valence-electron chi connectivity index (χ1n) is 12.8. The van der Waals surface area contributed by atoms with Gasteiger partial charge >= 0.3 is 0 Å². The van der Waals surface area contributed by atoms with E-state index in [-0.39, 0.29) is 22.6 Å². The highest BCUT2D eigenvalue weighted by Gasteiger charge is 2.26. The Kier molecular flexibility index (Phi) is 12.0.